The molecule has 2 saturated heterocycles. The molecule has 0 unspecified atom stereocenters. The van der Waals surface area contributed by atoms with Gasteiger partial charge in [-0.3, -0.25) is 9.80 Å². The van der Waals surface area contributed by atoms with Gasteiger partial charge in [-0.1, -0.05) is 0 Å². The second-order valence-electron chi connectivity index (χ2n) is 8.72. The van der Waals surface area contributed by atoms with Crippen LogP contribution in [0.15, 0.2) is 36.4 Å². The zero-order valence-corrected chi connectivity index (χ0v) is 20.3. The van der Waals surface area contributed by atoms with Crippen molar-refractivity contribution in [3.05, 3.63) is 53.3 Å². The average Bonchev–Trinajstić information content (AvgIpc) is 3.19. The highest BCUT2D eigenvalue weighted by Gasteiger charge is 2.44. The van der Waals surface area contributed by atoms with Crippen LogP contribution in [-0.4, -0.2) is 69.6 Å². The van der Waals surface area contributed by atoms with Gasteiger partial charge in [0.2, 0.25) is 0 Å². The lowest BCUT2D eigenvalue weighted by molar-refractivity contribution is -0.143. The molecule has 2 fully saturated rings. The molecule has 2 heterocycles. The lowest BCUT2D eigenvalue weighted by Gasteiger charge is -2.27. The minimum atomic E-state index is -5.39. The fraction of sp³-hybridized carbons (Fsp3) is 0.417. The van der Waals surface area contributed by atoms with Gasteiger partial charge in [-0.2, -0.15) is 26.3 Å². The van der Waals surface area contributed by atoms with E-state index >= 15 is 0 Å². The zero-order valence-electron chi connectivity index (χ0n) is 20.3. The molecule has 15 heteroatoms. The number of ether oxygens (including phenoxy) is 3. The normalized spacial score (nSPS) is 16.5. The summed E-state index contributed by atoms with van der Waals surface area (Å²) in [6, 6.07) is 3.53. The number of nitrogens with zero attached hydrogens (tertiary/aromatic N) is 3. The molecular formula is C24H22F7N3O5. The monoisotopic (exact) mass is 565 g/mol. The third kappa shape index (κ3) is 6.36. The van der Waals surface area contributed by atoms with Gasteiger partial charge in [0.25, 0.3) is 0 Å². The number of urea groups is 1. The van der Waals surface area contributed by atoms with Gasteiger partial charge < -0.3 is 19.1 Å². The van der Waals surface area contributed by atoms with Gasteiger partial charge >= 0.3 is 24.5 Å². The second-order valence-corrected chi connectivity index (χ2v) is 8.72. The molecule has 2 aliphatic rings. The lowest BCUT2D eigenvalue weighted by Crippen LogP contribution is -2.39. The van der Waals surface area contributed by atoms with Crippen LogP contribution in [-0.2, 0) is 21.8 Å². The van der Waals surface area contributed by atoms with Crippen LogP contribution in [0.5, 0.6) is 5.75 Å². The van der Waals surface area contributed by atoms with Gasteiger partial charge in [-0.25, -0.2) is 14.0 Å². The summed E-state index contributed by atoms with van der Waals surface area (Å²) < 4.78 is 111. The predicted molar refractivity (Wildman–Crippen MR) is 122 cm³/mol. The summed E-state index contributed by atoms with van der Waals surface area (Å²) in [5.41, 5.74) is -4.42. The minimum Gasteiger partial charge on any atom is -0.407 e. The number of amides is 3. The largest absolute Gasteiger partial charge is 0.420 e. The standard InChI is InChI=1S/C24H22F7N3O5/c1-32(16-4-2-15(25)3-5-16)22(36)39-20-18(24(29,30)31)10-14(23(26,27)28)11-19(20)34-7-6-33(21(34)35)8-9-38-17-12-37-13-17/h2-5,10-11,17H,6-9,12-13H2,1H3. The van der Waals surface area contributed by atoms with E-state index < -0.39 is 52.9 Å². The Bertz CT molecular complexity index is 1220. The van der Waals surface area contributed by atoms with Crippen molar-refractivity contribution in [2.45, 2.75) is 18.5 Å². The molecule has 39 heavy (non-hydrogen) atoms. The van der Waals surface area contributed by atoms with Crippen LogP contribution in [0.1, 0.15) is 11.1 Å². The smallest absolute Gasteiger partial charge is 0.407 e. The number of benzene rings is 2. The maximum Gasteiger partial charge on any atom is 0.420 e. The first-order chi connectivity index (χ1) is 18.3. The number of hydrogen-bond donors (Lipinski definition) is 0. The Morgan fingerprint density at radius 1 is 1.05 bits per heavy atom. The molecule has 2 aromatic rings. The number of anilines is 2. The number of carbonyl (C=O) groups is 2. The van der Waals surface area contributed by atoms with Crippen LogP contribution in [0, 0.1) is 5.82 Å². The molecule has 212 valence electrons. The van der Waals surface area contributed by atoms with E-state index in [1.807, 2.05) is 0 Å². The van der Waals surface area contributed by atoms with Crippen LogP contribution < -0.4 is 14.5 Å². The minimum absolute atomic E-state index is 0.0240. The molecule has 2 aromatic carbocycles. The summed E-state index contributed by atoms with van der Waals surface area (Å²) in [6.45, 7) is 0.567. The van der Waals surface area contributed by atoms with E-state index in [-0.39, 0.29) is 44.1 Å². The van der Waals surface area contributed by atoms with Gasteiger partial charge in [0.05, 0.1) is 31.1 Å². The van der Waals surface area contributed by atoms with Crippen molar-refractivity contribution in [1.82, 2.24) is 4.90 Å². The summed E-state index contributed by atoms with van der Waals surface area (Å²) in [6.07, 6.45) is -12.2. The molecule has 0 atom stereocenters. The Balaban J connectivity index is 1.68. The number of hydrogen-bond acceptors (Lipinski definition) is 5. The van der Waals surface area contributed by atoms with E-state index in [0.717, 1.165) is 36.2 Å². The third-order valence-corrected chi connectivity index (χ3v) is 6.09. The quantitative estimate of drug-likeness (QED) is 0.434. The first-order valence-corrected chi connectivity index (χ1v) is 11.5. The molecule has 8 nitrogen and oxygen atoms in total. The highest BCUT2D eigenvalue weighted by Crippen LogP contribution is 2.47. The van der Waals surface area contributed by atoms with E-state index in [2.05, 4.69) is 0 Å². The van der Waals surface area contributed by atoms with Crippen LogP contribution >= 0.6 is 0 Å². The molecule has 3 amide bonds. The summed E-state index contributed by atoms with van der Waals surface area (Å²) in [4.78, 5) is 28.5. The van der Waals surface area contributed by atoms with Crippen molar-refractivity contribution in [2.24, 2.45) is 0 Å². The van der Waals surface area contributed by atoms with Crippen LogP contribution in [0.4, 0.5) is 51.7 Å². The zero-order chi connectivity index (χ0) is 28.5. The fourth-order valence-electron chi connectivity index (χ4n) is 3.87. The number of alkyl halides is 6. The Kier molecular flexibility index (Phi) is 7.93. The van der Waals surface area contributed by atoms with Gasteiger partial charge in [-0.05, 0) is 36.4 Å². The summed E-state index contributed by atoms with van der Waals surface area (Å²) >= 11 is 0. The van der Waals surface area contributed by atoms with E-state index in [1.165, 1.54) is 4.90 Å². The summed E-state index contributed by atoms with van der Waals surface area (Å²) in [5.74, 6) is -1.92. The Labute approximate surface area is 217 Å². The topological polar surface area (TPSA) is 71.6 Å². The van der Waals surface area contributed by atoms with Crippen molar-refractivity contribution >= 4 is 23.5 Å². The van der Waals surface area contributed by atoms with E-state index in [0.29, 0.717) is 24.2 Å². The van der Waals surface area contributed by atoms with E-state index in [4.69, 9.17) is 14.2 Å². The predicted octanol–water partition coefficient (Wildman–Crippen LogP) is 5.16. The van der Waals surface area contributed by atoms with Crippen LogP contribution in [0.2, 0.25) is 0 Å². The SMILES string of the molecule is CN(C(=O)Oc1c(N2CCN(CCOC3COC3)C2=O)cc(C(F)(F)F)cc1C(F)(F)F)c1ccc(F)cc1. The van der Waals surface area contributed by atoms with E-state index in [9.17, 15) is 40.3 Å². The molecule has 4 rings (SSSR count). The highest BCUT2D eigenvalue weighted by molar-refractivity contribution is 5.97. The number of halogens is 7. The molecule has 0 radical (unpaired) electrons. The van der Waals surface area contributed by atoms with Crippen molar-refractivity contribution < 1.29 is 54.5 Å². The summed E-state index contributed by atoms with van der Waals surface area (Å²) in [5, 5.41) is 0. The fourth-order valence-corrected chi connectivity index (χ4v) is 3.87. The van der Waals surface area contributed by atoms with Crippen molar-refractivity contribution in [3.8, 4) is 5.75 Å². The van der Waals surface area contributed by atoms with Gasteiger partial charge in [0, 0.05) is 32.4 Å². The molecule has 0 spiro atoms. The lowest BCUT2D eigenvalue weighted by atomic mass is 10.1. The maximum atomic E-state index is 14.0. The molecule has 0 N–H and O–H groups in total. The van der Waals surface area contributed by atoms with Crippen molar-refractivity contribution in [1.29, 1.82) is 0 Å². The highest BCUT2D eigenvalue weighted by atomic mass is 19.4. The van der Waals surface area contributed by atoms with Crippen molar-refractivity contribution in [3.63, 3.8) is 0 Å². The summed E-state index contributed by atoms with van der Waals surface area (Å²) in [7, 11) is 1.11. The first-order valence-electron chi connectivity index (χ1n) is 11.5. The van der Waals surface area contributed by atoms with Crippen LogP contribution in [0.25, 0.3) is 0 Å². The van der Waals surface area contributed by atoms with Crippen LogP contribution in [0.3, 0.4) is 0 Å². The maximum absolute atomic E-state index is 14.0. The number of rotatable bonds is 7. The van der Waals surface area contributed by atoms with Crippen molar-refractivity contribution in [2.75, 3.05) is 56.3 Å². The molecular weight excluding hydrogens is 543 g/mol. The van der Waals surface area contributed by atoms with Gasteiger partial charge in [0.15, 0.2) is 5.75 Å². The first kappa shape index (κ1) is 28.4. The number of carbonyl (C=O) groups excluding carboxylic acids is 2. The molecule has 2 aliphatic heterocycles. The molecule has 0 bridgehead atoms. The second kappa shape index (κ2) is 10.9. The molecule has 0 aliphatic carbocycles. The average molecular weight is 565 g/mol. The Hall–Kier alpha value is -3.59. The Morgan fingerprint density at radius 3 is 2.28 bits per heavy atom. The third-order valence-electron chi connectivity index (χ3n) is 6.09. The molecule has 0 saturated carbocycles. The van der Waals surface area contributed by atoms with Gasteiger partial charge in [0.1, 0.15) is 17.5 Å². The Morgan fingerprint density at radius 2 is 1.72 bits per heavy atom. The van der Waals surface area contributed by atoms with Gasteiger partial charge in [-0.15, -0.1) is 0 Å². The van der Waals surface area contributed by atoms with E-state index in [1.54, 1.807) is 0 Å². The molecule has 0 aromatic heterocycles.